The van der Waals surface area contributed by atoms with Gasteiger partial charge in [-0.15, -0.1) is 0 Å². The molecule has 1 aromatic rings. The summed E-state index contributed by atoms with van der Waals surface area (Å²) in [5.74, 6) is -1.23. The molecular weight excluding hydrogens is 277 g/mol. The Balaban J connectivity index is 2.24. The maximum Gasteiger partial charge on any atom is 0.305 e. The zero-order valence-electron chi connectivity index (χ0n) is 12.2. The average Bonchev–Trinajstić information content (AvgIpc) is 2.43. The lowest BCUT2D eigenvalue weighted by Gasteiger charge is -2.42. The molecule has 0 bridgehead atoms. The van der Waals surface area contributed by atoms with Crippen LogP contribution in [-0.2, 0) is 0 Å². The molecule has 1 aromatic carbocycles. The molecule has 21 heavy (non-hydrogen) atoms. The van der Waals surface area contributed by atoms with Crippen molar-refractivity contribution in [2.75, 3.05) is 20.1 Å². The monoisotopic (exact) mass is 295 g/mol. The molecular formula is C14H18FN3O3. The molecule has 0 saturated carbocycles. The van der Waals surface area contributed by atoms with Crippen LogP contribution in [0.3, 0.4) is 0 Å². The van der Waals surface area contributed by atoms with Gasteiger partial charge in [0.15, 0.2) is 0 Å². The Bertz CT molecular complexity index is 567. The van der Waals surface area contributed by atoms with Crippen LogP contribution in [0.4, 0.5) is 10.1 Å². The van der Waals surface area contributed by atoms with Crippen molar-refractivity contribution >= 4 is 11.6 Å². The fourth-order valence-electron chi connectivity index (χ4n) is 2.54. The first-order valence-corrected chi connectivity index (χ1v) is 6.76. The van der Waals surface area contributed by atoms with Crippen LogP contribution in [0.25, 0.3) is 0 Å². The summed E-state index contributed by atoms with van der Waals surface area (Å²) < 4.78 is 13.3. The van der Waals surface area contributed by atoms with E-state index in [1.54, 1.807) is 4.90 Å². The smallest absolute Gasteiger partial charge is 0.305 e. The molecule has 6 nitrogen and oxygen atoms in total. The van der Waals surface area contributed by atoms with Crippen molar-refractivity contribution in [1.82, 2.24) is 9.80 Å². The molecule has 0 aromatic heterocycles. The van der Waals surface area contributed by atoms with Gasteiger partial charge >= 0.3 is 5.69 Å². The van der Waals surface area contributed by atoms with E-state index in [0.717, 1.165) is 12.1 Å². The predicted octanol–water partition coefficient (Wildman–Crippen LogP) is 1.90. The van der Waals surface area contributed by atoms with Gasteiger partial charge in [0.2, 0.25) is 5.82 Å². The Morgan fingerprint density at radius 2 is 1.90 bits per heavy atom. The predicted molar refractivity (Wildman–Crippen MR) is 75.6 cm³/mol. The van der Waals surface area contributed by atoms with Gasteiger partial charge in [-0.1, -0.05) is 0 Å². The molecule has 2 rings (SSSR count). The van der Waals surface area contributed by atoms with Crippen LogP contribution in [0.1, 0.15) is 24.2 Å². The third-order valence-electron chi connectivity index (χ3n) is 4.04. The highest BCUT2D eigenvalue weighted by Crippen LogP contribution is 2.21. The summed E-state index contributed by atoms with van der Waals surface area (Å²) in [6.07, 6.45) is 0. The zero-order chi connectivity index (χ0) is 15.7. The number of piperazine rings is 1. The molecule has 1 aliphatic heterocycles. The molecule has 2 unspecified atom stereocenters. The van der Waals surface area contributed by atoms with Crippen LogP contribution >= 0.6 is 0 Å². The second kappa shape index (κ2) is 5.77. The topological polar surface area (TPSA) is 66.7 Å². The Morgan fingerprint density at radius 3 is 2.43 bits per heavy atom. The minimum atomic E-state index is -0.934. The molecule has 1 aliphatic rings. The number of carbonyl (C=O) groups is 1. The molecule has 0 N–H and O–H groups in total. The Kier molecular flexibility index (Phi) is 4.22. The van der Waals surface area contributed by atoms with Crippen molar-refractivity contribution in [3.05, 3.63) is 39.7 Å². The fourth-order valence-corrected chi connectivity index (χ4v) is 2.54. The second-order valence-electron chi connectivity index (χ2n) is 5.50. The average molecular weight is 295 g/mol. The van der Waals surface area contributed by atoms with E-state index < -0.39 is 16.4 Å². The first kappa shape index (κ1) is 15.4. The lowest BCUT2D eigenvalue weighted by Crippen LogP contribution is -2.56. The van der Waals surface area contributed by atoms with Crippen molar-refractivity contribution < 1.29 is 14.1 Å². The lowest BCUT2D eigenvalue weighted by atomic mass is 10.1. The number of amides is 1. The third kappa shape index (κ3) is 3.02. The summed E-state index contributed by atoms with van der Waals surface area (Å²) in [6.45, 7) is 5.13. The van der Waals surface area contributed by atoms with Crippen LogP contribution in [0.15, 0.2) is 18.2 Å². The highest BCUT2D eigenvalue weighted by atomic mass is 19.1. The maximum atomic E-state index is 13.3. The summed E-state index contributed by atoms with van der Waals surface area (Å²) in [5, 5.41) is 10.8. The van der Waals surface area contributed by atoms with E-state index >= 15 is 0 Å². The number of rotatable bonds is 2. The molecule has 0 aliphatic carbocycles. The van der Waals surface area contributed by atoms with E-state index in [-0.39, 0.29) is 23.6 Å². The molecule has 0 spiro atoms. The van der Waals surface area contributed by atoms with Gasteiger partial charge in [0.25, 0.3) is 5.91 Å². The molecule has 114 valence electrons. The van der Waals surface area contributed by atoms with Crippen LogP contribution < -0.4 is 0 Å². The van der Waals surface area contributed by atoms with E-state index in [2.05, 4.69) is 4.90 Å². The SMILES string of the molecule is CC1CN(C(=O)c2ccc(F)c([N+](=O)[O-])c2)CC(C)N1C. The van der Waals surface area contributed by atoms with Crippen LogP contribution in [0.2, 0.25) is 0 Å². The minimum absolute atomic E-state index is 0.145. The van der Waals surface area contributed by atoms with Gasteiger partial charge in [-0.3, -0.25) is 19.8 Å². The van der Waals surface area contributed by atoms with Crippen molar-refractivity contribution in [1.29, 1.82) is 0 Å². The summed E-state index contributed by atoms with van der Waals surface area (Å²) >= 11 is 0. The van der Waals surface area contributed by atoms with Gasteiger partial charge in [0, 0.05) is 36.8 Å². The Hall–Kier alpha value is -2.02. The number of likely N-dealkylation sites (N-methyl/N-ethyl adjacent to an activating group) is 1. The standard InChI is InChI=1S/C14H18FN3O3/c1-9-7-17(8-10(2)16(9)3)14(19)11-4-5-12(15)13(6-11)18(20)21/h4-6,9-10H,7-8H2,1-3H3. The van der Waals surface area contributed by atoms with Gasteiger partial charge in [0.05, 0.1) is 4.92 Å². The molecule has 7 heteroatoms. The maximum absolute atomic E-state index is 13.3. The number of nitro groups is 1. The molecule has 1 saturated heterocycles. The van der Waals surface area contributed by atoms with E-state index in [9.17, 15) is 19.3 Å². The van der Waals surface area contributed by atoms with E-state index in [0.29, 0.717) is 13.1 Å². The van der Waals surface area contributed by atoms with E-state index in [1.807, 2.05) is 20.9 Å². The highest BCUT2D eigenvalue weighted by molar-refractivity contribution is 5.95. The van der Waals surface area contributed by atoms with Crippen molar-refractivity contribution in [2.45, 2.75) is 25.9 Å². The van der Waals surface area contributed by atoms with Gasteiger partial charge in [-0.25, -0.2) is 0 Å². The number of carbonyl (C=O) groups excluding carboxylic acids is 1. The number of hydrogen-bond donors (Lipinski definition) is 0. The Morgan fingerprint density at radius 1 is 1.33 bits per heavy atom. The molecule has 1 amide bonds. The highest BCUT2D eigenvalue weighted by Gasteiger charge is 2.30. The van der Waals surface area contributed by atoms with Gasteiger partial charge in [-0.2, -0.15) is 4.39 Å². The van der Waals surface area contributed by atoms with Gasteiger partial charge < -0.3 is 4.90 Å². The first-order chi connectivity index (χ1) is 9.81. The van der Waals surface area contributed by atoms with E-state index in [4.69, 9.17) is 0 Å². The van der Waals surface area contributed by atoms with Crippen LogP contribution in [0.5, 0.6) is 0 Å². The number of benzene rings is 1. The normalized spacial score (nSPS) is 23.1. The summed E-state index contributed by atoms with van der Waals surface area (Å²) in [4.78, 5) is 26.2. The summed E-state index contributed by atoms with van der Waals surface area (Å²) in [5.41, 5.74) is -0.525. The number of nitrogens with zero attached hydrogens (tertiary/aromatic N) is 3. The van der Waals surface area contributed by atoms with Crippen LogP contribution in [-0.4, -0.2) is 52.9 Å². The van der Waals surface area contributed by atoms with Crippen molar-refractivity contribution in [3.63, 3.8) is 0 Å². The quantitative estimate of drug-likeness (QED) is 0.617. The summed E-state index contributed by atoms with van der Waals surface area (Å²) in [6, 6.07) is 3.67. The molecule has 0 radical (unpaired) electrons. The van der Waals surface area contributed by atoms with Gasteiger partial charge in [0.1, 0.15) is 0 Å². The first-order valence-electron chi connectivity index (χ1n) is 6.76. The zero-order valence-corrected chi connectivity index (χ0v) is 12.2. The van der Waals surface area contributed by atoms with Gasteiger partial charge in [-0.05, 0) is 33.0 Å². The molecule has 2 atom stereocenters. The van der Waals surface area contributed by atoms with Crippen molar-refractivity contribution in [2.24, 2.45) is 0 Å². The second-order valence-corrected chi connectivity index (χ2v) is 5.50. The van der Waals surface area contributed by atoms with Crippen molar-refractivity contribution in [3.8, 4) is 0 Å². The molecule has 1 fully saturated rings. The fraction of sp³-hybridized carbons (Fsp3) is 0.500. The van der Waals surface area contributed by atoms with E-state index in [1.165, 1.54) is 6.07 Å². The number of nitro benzene ring substituents is 1. The molecule has 1 heterocycles. The third-order valence-corrected chi connectivity index (χ3v) is 4.04. The lowest BCUT2D eigenvalue weighted by molar-refractivity contribution is -0.387. The number of halogens is 1. The largest absolute Gasteiger partial charge is 0.336 e. The Labute approximate surface area is 122 Å². The van der Waals surface area contributed by atoms with Crippen LogP contribution in [0, 0.1) is 15.9 Å². The minimum Gasteiger partial charge on any atom is -0.336 e. The number of hydrogen-bond acceptors (Lipinski definition) is 4. The summed E-state index contributed by atoms with van der Waals surface area (Å²) in [7, 11) is 2.00.